The third-order valence-corrected chi connectivity index (χ3v) is 5.19. The largest absolute Gasteiger partial charge is 0.493 e. The van der Waals surface area contributed by atoms with Gasteiger partial charge in [-0.05, 0) is 70.2 Å². The highest BCUT2D eigenvalue weighted by atomic mass is 79.9. The van der Waals surface area contributed by atoms with Gasteiger partial charge in [0.1, 0.15) is 24.1 Å². The van der Waals surface area contributed by atoms with E-state index in [1.54, 1.807) is 35.2 Å². The third kappa shape index (κ3) is 5.15. The number of methoxy groups -OCH3 is 1. The second-order valence-corrected chi connectivity index (χ2v) is 7.47. The monoisotopic (exact) mass is 458 g/mol. The Bertz CT molecular complexity index is 961. The van der Waals surface area contributed by atoms with Crippen LogP contribution in [0.25, 0.3) is 6.08 Å². The van der Waals surface area contributed by atoms with Crippen molar-refractivity contribution < 1.29 is 18.7 Å². The lowest BCUT2D eigenvalue weighted by Crippen LogP contribution is -2.28. The summed E-state index contributed by atoms with van der Waals surface area (Å²) in [6.45, 7) is 1.60. The van der Waals surface area contributed by atoms with Crippen LogP contribution in [0, 0.1) is 17.1 Å². The molecule has 29 heavy (non-hydrogen) atoms. The standard InChI is InChI=1S/C22H20BrFN2O3/c1-28-20-12-16(10-17(13-25)22(27)26-8-2-3-9-26)11-19(23)21(20)29-14-15-4-6-18(24)7-5-15/h4-7,10-12H,2-3,8-9,14H2,1H3/b17-10+. The maximum Gasteiger partial charge on any atom is 0.264 e. The Kier molecular flexibility index (Phi) is 6.89. The van der Waals surface area contributed by atoms with Gasteiger partial charge in [-0.25, -0.2) is 4.39 Å². The minimum absolute atomic E-state index is 0.0841. The van der Waals surface area contributed by atoms with E-state index in [0.29, 0.717) is 34.6 Å². The number of hydrogen-bond acceptors (Lipinski definition) is 4. The molecule has 5 nitrogen and oxygen atoms in total. The Balaban J connectivity index is 1.82. The predicted molar refractivity (Wildman–Crippen MR) is 111 cm³/mol. The summed E-state index contributed by atoms with van der Waals surface area (Å²) in [6, 6.07) is 11.5. The molecule has 150 valence electrons. The van der Waals surface area contributed by atoms with E-state index in [2.05, 4.69) is 15.9 Å². The molecule has 0 aromatic heterocycles. The highest BCUT2D eigenvalue weighted by Crippen LogP contribution is 2.38. The van der Waals surface area contributed by atoms with Gasteiger partial charge >= 0.3 is 0 Å². The molecule has 1 amide bonds. The van der Waals surface area contributed by atoms with Crippen molar-refractivity contribution in [1.29, 1.82) is 5.26 Å². The van der Waals surface area contributed by atoms with Crippen molar-refractivity contribution in [1.82, 2.24) is 4.90 Å². The van der Waals surface area contributed by atoms with Crippen molar-refractivity contribution in [3.05, 3.63) is 63.4 Å². The minimum atomic E-state index is -0.305. The number of nitriles is 1. The Morgan fingerprint density at radius 1 is 1.28 bits per heavy atom. The average Bonchev–Trinajstić information content (AvgIpc) is 3.26. The molecule has 1 aliphatic heterocycles. The second kappa shape index (κ2) is 9.57. The van der Waals surface area contributed by atoms with Crippen LogP contribution in [0.5, 0.6) is 11.5 Å². The van der Waals surface area contributed by atoms with Crippen molar-refractivity contribution >= 4 is 27.9 Å². The van der Waals surface area contributed by atoms with Crippen LogP contribution in [0.4, 0.5) is 4.39 Å². The van der Waals surface area contributed by atoms with E-state index in [1.807, 2.05) is 6.07 Å². The Hall–Kier alpha value is -2.85. The van der Waals surface area contributed by atoms with Crippen LogP contribution in [0.1, 0.15) is 24.0 Å². The van der Waals surface area contributed by atoms with Gasteiger partial charge in [-0.1, -0.05) is 12.1 Å². The summed E-state index contributed by atoms with van der Waals surface area (Å²) < 4.78 is 24.9. The lowest BCUT2D eigenvalue weighted by molar-refractivity contribution is -0.125. The SMILES string of the molecule is COc1cc(/C=C(\C#N)C(=O)N2CCCC2)cc(Br)c1OCc1ccc(F)cc1. The van der Waals surface area contributed by atoms with Gasteiger partial charge in [0.05, 0.1) is 11.6 Å². The molecule has 0 radical (unpaired) electrons. The number of rotatable bonds is 6. The quantitative estimate of drug-likeness (QED) is 0.464. The molecule has 7 heteroatoms. The summed E-state index contributed by atoms with van der Waals surface area (Å²) in [6.07, 6.45) is 3.48. The van der Waals surface area contributed by atoms with Crippen LogP contribution in [0.3, 0.4) is 0 Å². The summed E-state index contributed by atoms with van der Waals surface area (Å²) in [4.78, 5) is 14.2. The zero-order valence-corrected chi connectivity index (χ0v) is 17.5. The molecule has 0 atom stereocenters. The van der Waals surface area contributed by atoms with Gasteiger partial charge in [0.2, 0.25) is 0 Å². The summed E-state index contributed by atoms with van der Waals surface area (Å²) in [7, 11) is 1.51. The molecule has 0 saturated carbocycles. The first-order valence-electron chi connectivity index (χ1n) is 9.17. The minimum Gasteiger partial charge on any atom is -0.493 e. The molecule has 1 heterocycles. The lowest BCUT2D eigenvalue weighted by Gasteiger charge is -2.15. The maximum atomic E-state index is 13.0. The van der Waals surface area contributed by atoms with Crippen molar-refractivity contribution in [2.24, 2.45) is 0 Å². The highest BCUT2D eigenvalue weighted by molar-refractivity contribution is 9.10. The van der Waals surface area contributed by atoms with Crippen LogP contribution >= 0.6 is 15.9 Å². The van der Waals surface area contributed by atoms with Gasteiger partial charge in [-0.15, -0.1) is 0 Å². The number of halogens is 2. The first-order chi connectivity index (χ1) is 14.0. The topological polar surface area (TPSA) is 62.6 Å². The van der Waals surface area contributed by atoms with Crippen LogP contribution < -0.4 is 9.47 Å². The number of likely N-dealkylation sites (tertiary alicyclic amines) is 1. The maximum absolute atomic E-state index is 13.0. The highest BCUT2D eigenvalue weighted by Gasteiger charge is 2.22. The summed E-state index contributed by atoms with van der Waals surface area (Å²) in [5.74, 6) is 0.383. The Labute approximate surface area is 177 Å². The van der Waals surface area contributed by atoms with E-state index in [0.717, 1.165) is 18.4 Å². The lowest BCUT2D eigenvalue weighted by atomic mass is 10.1. The van der Waals surface area contributed by atoms with Crippen LogP contribution in [0.2, 0.25) is 0 Å². The Morgan fingerprint density at radius 3 is 2.59 bits per heavy atom. The molecular weight excluding hydrogens is 439 g/mol. The summed E-state index contributed by atoms with van der Waals surface area (Å²) in [5, 5.41) is 9.44. The van der Waals surface area contributed by atoms with Gasteiger partial charge in [0, 0.05) is 13.1 Å². The van der Waals surface area contributed by atoms with Gasteiger partial charge in [0.15, 0.2) is 11.5 Å². The van der Waals surface area contributed by atoms with Gasteiger partial charge in [-0.3, -0.25) is 4.79 Å². The van der Waals surface area contributed by atoms with Gasteiger partial charge < -0.3 is 14.4 Å². The number of carbonyl (C=O) groups is 1. The van der Waals surface area contributed by atoms with Gasteiger partial charge in [-0.2, -0.15) is 5.26 Å². The van der Waals surface area contributed by atoms with E-state index >= 15 is 0 Å². The number of carbonyl (C=O) groups excluding carboxylic acids is 1. The van der Waals surface area contributed by atoms with Crippen LogP contribution in [0.15, 0.2) is 46.4 Å². The van der Waals surface area contributed by atoms with Crippen molar-refractivity contribution in [2.75, 3.05) is 20.2 Å². The fourth-order valence-corrected chi connectivity index (χ4v) is 3.67. The normalized spacial score (nSPS) is 13.9. The number of nitrogens with zero attached hydrogens (tertiary/aromatic N) is 2. The summed E-state index contributed by atoms with van der Waals surface area (Å²) in [5.41, 5.74) is 1.54. The van der Waals surface area contributed by atoms with Crippen LogP contribution in [-0.2, 0) is 11.4 Å². The third-order valence-electron chi connectivity index (χ3n) is 4.60. The summed E-state index contributed by atoms with van der Waals surface area (Å²) >= 11 is 3.47. The molecular formula is C22H20BrFN2O3. The molecule has 0 spiro atoms. The zero-order chi connectivity index (χ0) is 20.8. The molecule has 0 bridgehead atoms. The predicted octanol–water partition coefficient (Wildman–Crippen LogP) is 4.71. The number of ether oxygens (including phenoxy) is 2. The number of benzene rings is 2. The molecule has 0 N–H and O–H groups in total. The fraction of sp³-hybridized carbons (Fsp3) is 0.273. The average molecular weight is 459 g/mol. The molecule has 3 rings (SSSR count). The first kappa shape index (κ1) is 20.9. The van der Waals surface area contributed by atoms with E-state index in [1.165, 1.54) is 19.2 Å². The molecule has 0 unspecified atom stereocenters. The molecule has 0 aliphatic carbocycles. The first-order valence-corrected chi connectivity index (χ1v) is 9.97. The van der Waals surface area contributed by atoms with E-state index in [9.17, 15) is 14.4 Å². The van der Waals surface area contributed by atoms with E-state index in [4.69, 9.17) is 9.47 Å². The smallest absolute Gasteiger partial charge is 0.264 e. The number of hydrogen-bond donors (Lipinski definition) is 0. The molecule has 1 fully saturated rings. The molecule has 2 aromatic carbocycles. The molecule has 1 saturated heterocycles. The fourth-order valence-electron chi connectivity index (χ4n) is 3.10. The van der Waals surface area contributed by atoms with E-state index in [-0.39, 0.29) is 23.9 Å². The molecule has 1 aliphatic rings. The van der Waals surface area contributed by atoms with E-state index < -0.39 is 0 Å². The van der Waals surface area contributed by atoms with Crippen molar-refractivity contribution in [3.8, 4) is 17.6 Å². The Morgan fingerprint density at radius 2 is 1.97 bits per heavy atom. The molecule has 2 aromatic rings. The van der Waals surface area contributed by atoms with Gasteiger partial charge in [0.25, 0.3) is 5.91 Å². The van der Waals surface area contributed by atoms with Crippen molar-refractivity contribution in [3.63, 3.8) is 0 Å². The van der Waals surface area contributed by atoms with Crippen molar-refractivity contribution in [2.45, 2.75) is 19.4 Å². The number of amides is 1. The zero-order valence-electron chi connectivity index (χ0n) is 16.0. The van der Waals surface area contributed by atoms with Crippen LogP contribution in [-0.4, -0.2) is 31.0 Å². The second-order valence-electron chi connectivity index (χ2n) is 6.62.